The van der Waals surface area contributed by atoms with Crippen LogP contribution in [0.2, 0.25) is 0 Å². The summed E-state index contributed by atoms with van der Waals surface area (Å²) in [6.07, 6.45) is 12.4. The van der Waals surface area contributed by atoms with Crippen molar-refractivity contribution < 1.29 is 4.79 Å². The molecule has 1 aliphatic carbocycles. The number of carbonyl (C=O) groups is 1. The van der Waals surface area contributed by atoms with Gasteiger partial charge < -0.3 is 4.90 Å². The van der Waals surface area contributed by atoms with E-state index in [2.05, 4.69) is 41.0 Å². The Labute approximate surface area is 208 Å². The summed E-state index contributed by atoms with van der Waals surface area (Å²) in [5.41, 5.74) is 4.73. The lowest BCUT2D eigenvalue weighted by Crippen LogP contribution is -2.38. The third-order valence-corrected chi connectivity index (χ3v) is 7.95. The van der Waals surface area contributed by atoms with Gasteiger partial charge in [-0.1, -0.05) is 6.07 Å². The first-order valence-corrected chi connectivity index (χ1v) is 13.1. The molecule has 0 unspecified atom stereocenters. The molecule has 0 N–H and O–H groups in total. The van der Waals surface area contributed by atoms with Gasteiger partial charge in [0.25, 0.3) is 11.9 Å². The van der Waals surface area contributed by atoms with Crippen molar-refractivity contribution in [1.29, 1.82) is 0 Å². The number of carbonyl (C=O) groups excluding carboxylic acids is 1. The van der Waals surface area contributed by atoms with Crippen molar-refractivity contribution in [3.63, 3.8) is 0 Å². The summed E-state index contributed by atoms with van der Waals surface area (Å²) in [7, 11) is 0. The fraction of sp³-hybridized carbons (Fsp3) is 0.370. The van der Waals surface area contributed by atoms with Crippen LogP contribution in [-0.2, 0) is 0 Å². The lowest BCUT2D eigenvalue weighted by atomic mass is 9.95. The van der Waals surface area contributed by atoms with E-state index in [0.29, 0.717) is 17.4 Å². The quantitative estimate of drug-likeness (QED) is 0.366. The number of aryl methyl sites for hydroxylation is 2. The highest BCUT2D eigenvalue weighted by molar-refractivity contribution is 7.12. The van der Waals surface area contributed by atoms with Gasteiger partial charge in [0, 0.05) is 46.4 Å². The number of rotatable bonds is 5. The minimum atomic E-state index is 0.0461. The molecule has 2 aliphatic rings. The molecule has 0 radical (unpaired) electrons. The number of nitrogens with zero attached hydrogens (tertiary/aromatic N) is 6. The fourth-order valence-electron chi connectivity index (χ4n) is 5.17. The van der Waals surface area contributed by atoms with E-state index in [1.165, 1.54) is 9.75 Å². The molecule has 8 heteroatoms. The number of hydrogen-bond acceptors (Lipinski definition) is 6. The lowest BCUT2D eigenvalue weighted by molar-refractivity contribution is 0.0610. The zero-order chi connectivity index (χ0) is 23.9. The van der Waals surface area contributed by atoms with Gasteiger partial charge in [-0.25, -0.2) is 14.6 Å². The summed E-state index contributed by atoms with van der Waals surface area (Å²) in [5.74, 6) is 0.886. The predicted molar refractivity (Wildman–Crippen MR) is 136 cm³/mol. The zero-order valence-corrected chi connectivity index (χ0v) is 20.8. The Hall–Kier alpha value is -3.39. The number of hydrogen-bond donors (Lipinski definition) is 0. The molecule has 2 fully saturated rings. The largest absolute Gasteiger partial charge is 0.331 e. The molecular weight excluding hydrogens is 456 g/mol. The molecule has 0 aromatic carbocycles. The molecule has 0 bridgehead atoms. The molecule has 4 aromatic heterocycles. The maximum Gasteiger partial charge on any atom is 0.257 e. The van der Waals surface area contributed by atoms with Gasteiger partial charge in [-0.3, -0.25) is 9.78 Å². The van der Waals surface area contributed by atoms with Gasteiger partial charge in [0.05, 0.1) is 29.2 Å². The molecule has 35 heavy (non-hydrogen) atoms. The van der Waals surface area contributed by atoms with E-state index >= 15 is 0 Å². The van der Waals surface area contributed by atoms with Gasteiger partial charge in [-0.15, -0.1) is 11.3 Å². The Morgan fingerprint density at radius 2 is 1.97 bits per heavy atom. The smallest absolute Gasteiger partial charge is 0.257 e. The summed E-state index contributed by atoms with van der Waals surface area (Å²) < 4.78 is 1.80. The van der Waals surface area contributed by atoms with Crippen LogP contribution in [-0.4, -0.2) is 42.1 Å². The van der Waals surface area contributed by atoms with Crippen molar-refractivity contribution in [3.8, 4) is 17.2 Å². The number of aromatic nitrogens is 5. The van der Waals surface area contributed by atoms with Crippen LogP contribution in [0.5, 0.6) is 0 Å². The second-order valence-corrected chi connectivity index (χ2v) is 11.0. The average Bonchev–Trinajstić information content (AvgIpc) is 3.54. The van der Waals surface area contributed by atoms with E-state index in [1.54, 1.807) is 34.6 Å². The third kappa shape index (κ3) is 4.16. The molecule has 4 aromatic rings. The van der Waals surface area contributed by atoms with E-state index < -0.39 is 0 Å². The summed E-state index contributed by atoms with van der Waals surface area (Å²) in [6, 6.07) is 8.17. The van der Waals surface area contributed by atoms with Crippen molar-refractivity contribution in [2.75, 3.05) is 6.54 Å². The van der Waals surface area contributed by atoms with Gasteiger partial charge in [-0.05, 0) is 69.7 Å². The number of pyridine rings is 1. The Morgan fingerprint density at radius 1 is 1.09 bits per heavy atom. The van der Waals surface area contributed by atoms with Crippen molar-refractivity contribution in [1.82, 2.24) is 29.6 Å². The Balaban J connectivity index is 1.37. The Bertz CT molecular complexity index is 1370. The van der Waals surface area contributed by atoms with Crippen LogP contribution in [0.15, 0.2) is 49.1 Å². The van der Waals surface area contributed by atoms with Gasteiger partial charge >= 0.3 is 0 Å². The molecular formula is C27H28N6OS. The molecule has 1 saturated heterocycles. The minimum absolute atomic E-state index is 0.0461. The van der Waals surface area contributed by atoms with Crippen LogP contribution in [0.25, 0.3) is 17.2 Å². The molecule has 0 spiro atoms. The SMILES string of the molecule is Cc1cc(-c2ccnc(-n3ncc(C(=O)N4CCCC[C@@H]4c4cccnc4)c3C3CC3)n2)c(C)s1. The van der Waals surface area contributed by atoms with Crippen molar-refractivity contribution in [2.45, 2.75) is 57.9 Å². The molecule has 7 nitrogen and oxygen atoms in total. The van der Waals surface area contributed by atoms with Gasteiger partial charge in [0.15, 0.2) is 0 Å². The van der Waals surface area contributed by atoms with E-state index in [9.17, 15) is 4.79 Å². The molecule has 1 atom stereocenters. The minimum Gasteiger partial charge on any atom is -0.331 e. The second kappa shape index (κ2) is 9.00. The predicted octanol–water partition coefficient (Wildman–Crippen LogP) is 5.65. The van der Waals surface area contributed by atoms with Crippen LogP contribution in [0.1, 0.15) is 75.4 Å². The van der Waals surface area contributed by atoms with Crippen molar-refractivity contribution >= 4 is 17.2 Å². The summed E-state index contributed by atoms with van der Waals surface area (Å²) in [4.78, 5) is 32.2. The maximum absolute atomic E-state index is 13.9. The van der Waals surface area contributed by atoms with Crippen LogP contribution in [0.3, 0.4) is 0 Å². The fourth-order valence-corrected chi connectivity index (χ4v) is 6.10. The van der Waals surface area contributed by atoms with Crippen molar-refractivity contribution in [3.05, 3.63) is 75.6 Å². The first kappa shape index (κ1) is 22.1. The van der Waals surface area contributed by atoms with E-state index in [1.807, 2.05) is 23.2 Å². The van der Waals surface area contributed by atoms with Crippen LogP contribution >= 0.6 is 11.3 Å². The molecule has 1 aliphatic heterocycles. The number of amides is 1. The van der Waals surface area contributed by atoms with Crippen LogP contribution < -0.4 is 0 Å². The summed E-state index contributed by atoms with van der Waals surface area (Å²) in [6.45, 7) is 4.97. The van der Waals surface area contributed by atoms with E-state index in [4.69, 9.17) is 4.98 Å². The Kier molecular flexibility index (Phi) is 5.68. The molecule has 1 saturated carbocycles. The van der Waals surface area contributed by atoms with Crippen LogP contribution in [0.4, 0.5) is 0 Å². The summed E-state index contributed by atoms with van der Waals surface area (Å²) in [5, 5.41) is 4.66. The molecule has 178 valence electrons. The van der Waals surface area contributed by atoms with Gasteiger partial charge in [0.1, 0.15) is 0 Å². The number of likely N-dealkylation sites (tertiary alicyclic amines) is 1. The topological polar surface area (TPSA) is 76.8 Å². The maximum atomic E-state index is 13.9. The highest BCUT2D eigenvalue weighted by Crippen LogP contribution is 2.43. The zero-order valence-electron chi connectivity index (χ0n) is 20.0. The highest BCUT2D eigenvalue weighted by Gasteiger charge is 2.37. The lowest BCUT2D eigenvalue weighted by Gasteiger charge is -2.36. The normalized spacial score (nSPS) is 18.1. The molecule has 1 amide bonds. The van der Waals surface area contributed by atoms with Gasteiger partial charge in [0.2, 0.25) is 0 Å². The van der Waals surface area contributed by atoms with E-state index in [0.717, 1.165) is 61.2 Å². The first-order chi connectivity index (χ1) is 17.1. The van der Waals surface area contributed by atoms with Gasteiger partial charge in [-0.2, -0.15) is 5.10 Å². The first-order valence-electron chi connectivity index (χ1n) is 12.3. The number of thiophene rings is 1. The van der Waals surface area contributed by atoms with Crippen molar-refractivity contribution in [2.24, 2.45) is 0 Å². The molecule has 5 heterocycles. The van der Waals surface area contributed by atoms with Crippen LogP contribution in [0, 0.1) is 13.8 Å². The summed E-state index contributed by atoms with van der Waals surface area (Å²) >= 11 is 1.77. The Morgan fingerprint density at radius 3 is 2.71 bits per heavy atom. The average molecular weight is 485 g/mol. The molecule has 6 rings (SSSR count). The monoisotopic (exact) mass is 484 g/mol. The standard InChI is InChI=1S/C27H28N6OS/c1-17-14-21(18(2)35-17)23-10-12-29-27(31-23)33-25(19-8-9-19)22(16-30-33)26(34)32-13-4-3-7-24(32)20-6-5-11-28-15-20/h5-6,10-12,14-16,19,24H,3-4,7-9,13H2,1-2H3/t24-/m1/s1. The highest BCUT2D eigenvalue weighted by atomic mass is 32.1. The number of piperidine rings is 1. The third-order valence-electron chi connectivity index (χ3n) is 6.98. The van der Waals surface area contributed by atoms with E-state index in [-0.39, 0.29) is 11.9 Å². The second-order valence-electron chi connectivity index (χ2n) is 9.49.